The number of nitrogens with zero attached hydrogens (tertiary/aromatic N) is 2. The van der Waals surface area contributed by atoms with Crippen LogP contribution in [-0.4, -0.2) is 37.3 Å². The zero-order valence-corrected chi connectivity index (χ0v) is 17.3. The van der Waals surface area contributed by atoms with Gasteiger partial charge in [-0.2, -0.15) is 0 Å². The Morgan fingerprint density at radius 3 is 2.38 bits per heavy atom. The highest BCUT2D eigenvalue weighted by Gasteiger charge is 2.30. The largest absolute Gasteiger partial charge is 0.339 e. The summed E-state index contributed by atoms with van der Waals surface area (Å²) in [6.45, 7) is 3.32. The highest BCUT2D eigenvalue weighted by molar-refractivity contribution is 7.91. The van der Waals surface area contributed by atoms with Gasteiger partial charge >= 0.3 is 0 Å². The lowest BCUT2D eigenvalue weighted by atomic mass is 10.1. The average Bonchev–Trinajstić information content (AvgIpc) is 2.78. The summed E-state index contributed by atoms with van der Waals surface area (Å²) in [5, 5.41) is 0.481. The average molecular weight is 409 g/mol. The van der Waals surface area contributed by atoms with Crippen LogP contribution in [0.4, 0.5) is 0 Å². The van der Waals surface area contributed by atoms with Crippen molar-refractivity contribution < 1.29 is 13.2 Å². The van der Waals surface area contributed by atoms with Crippen LogP contribution in [-0.2, 0) is 16.3 Å². The number of benzene rings is 2. The number of hydrogen-bond donors (Lipinski definition) is 0. The van der Waals surface area contributed by atoms with Gasteiger partial charge in [0.1, 0.15) is 0 Å². The number of rotatable bonds is 4. The molecular weight excluding hydrogens is 384 g/mol. The van der Waals surface area contributed by atoms with Gasteiger partial charge in [-0.25, -0.2) is 8.42 Å². The Labute approximate surface area is 171 Å². The van der Waals surface area contributed by atoms with E-state index in [9.17, 15) is 13.2 Å². The number of carbonyl (C=O) groups excluding carboxylic acids is 1. The minimum atomic E-state index is -3.89. The molecule has 29 heavy (non-hydrogen) atoms. The van der Waals surface area contributed by atoms with Gasteiger partial charge in [0, 0.05) is 24.7 Å². The standard InChI is InChI=1S/C23H24N2O3S/c1-2-17-10-12-18(13-11-17)29(27,28)22-19-8-4-5-9-21(19)24-16-20(22)23(26)25-14-6-3-7-15-25/h4-5,8-13,16H,2-3,6-7,14-15H2,1H3. The van der Waals surface area contributed by atoms with Gasteiger partial charge in [-0.15, -0.1) is 0 Å². The molecule has 0 unspecified atom stereocenters. The van der Waals surface area contributed by atoms with Crippen molar-refractivity contribution in [1.82, 2.24) is 9.88 Å². The highest BCUT2D eigenvalue weighted by atomic mass is 32.2. The number of hydrogen-bond acceptors (Lipinski definition) is 4. The minimum Gasteiger partial charge on any atom is -0.339 e. The van der Waals surface area contributed by atoms with Crippen molar-refractivity contribution in [2.24, 2.45) is 0 Å². The van der Waals surface area contributed by atoms with E-state index in [1.54, 1.807) is 35.2 Å². The number of amides is 1. The molecule has 6 heteroatoms. The SMILES string of the molecule is CCc1ccc(S(=O)(=O)c2c(C(=O)N3CCCCC3)cnc3ccccc23)cc1. The van der Waals surface area contributed by atoms with E-state index in [1.807, 2.05) is 25.1 Å². The zero-order valence-electron chi connectivity index (χ0n) is 16.5. The van der Waals surface area contributed by atoms with E-state index in [4.69, 9.17) is 0 Å². The molecule has 150 valence electrons. The number of para-hydroxylation sites is 1. The van der Waals surface area contributed by atoms with Crippen molar-refractivity contribution in [1.29, 1.82) is 0 Å². The molecule has 5 nitrogen and oxygen atoms in total. The number of fused-ring (bicyclic) bond motifs is 1. The van der Waals surface area contributed by atoms with Crippen LogP contribution in [0, 0.1) is 0 Å². The summed E-state index contributed by atoms with van der Waals surface area (Å²) in [6.07, 6.45) is 5.22. The summed E-state index contributed by atoms with van der Waals surface area (Å²) in [4.78, 5) is 19.6. The van der Waals surface area contributed by atoms with E-state index in [2.05, 4.69) is 4.98 Å². The van der Waals surface area contributed by atoms with E-state index < -0.39 is 9.84 Å². The summed E-state index contributed by atoms with van der Waals surface area (Å²) >= 11 is 0. The van der Waals surface area contributed by atoms with Gasteiger partial charge in [0.15, 0.2) is 0 Å². The number of aromatic nitrogens is 1. The van der Waals surface area contributed by atoms with Gasteiger partial charge in [-0.05, 0) is 49.4 Å². The Hall–Kier alpha value is -2.73. The predicted octanol–water partition coefficient (Wildman–Crippen LogP) is 4.26. The Morgan fingerprint density at radius 1 is 1.00 bits per heavy atom. The number of aryl methyl sites for hydroxylation is 1. The van der Waals surface area contributed by atoms with Gasteiger partial charge in [0.2, 0.25) is 9.84 Å². The van der Waals surface area contributed by atoms with Crippen LogP contribution in [0.1, 0.15) is 42.1 Å². The zero-order chi connectivity index (χ0) is 20.4. The fourth-order valence-electron chi connectivity index (χ4n) is 3.85. The summed E-state index contributed by atoms with van der Waals surface area (Å²) in [6, 6.07) is 14.0. The maximum Gasteiger partial charge on any atom is 0.256 e. The van der Waals surface area contributed by atoms with Gasteiger partial charge in [0.25, 0.3) is 5.91 Å². The maximum atomic E-state index is 13.7. The first-order valence-corrected chi connectivity index (χ1v) is 11.5. The van der Waals surface area contributed by atoms with Crippen molar-refractivity contribution in [3.8, 4) is 0 Å². The smallest absolute Gasteiger partial charge is 0.256 e. The molecule has 1 aromatic heterocycles. The third-order valence-corrected chi connectivity index (χ3v) is 7.38. The van der Waals surface area contributed by atoms with Gasteiger partial charge in [0.05, 0.1) is 20.9 Å². The Kier molecular flexibility index (Phi) is 5.37. The molecule has 0 aliphatic carbocycles. The first kappa shape index (κ1) is 19.6. The second kappa shape index (κ2) is 7.95. The molecule has 1 fully saturated rings. The number of piperidine rings is 1. The number of likely N-dealkylation sites (tertiary alicyclic amines) is 1. The van der Waals surface area contributed by atoms with Crippen molar-refractivity contribution in [2.75, 3.05) is 13.1 Å². The number of sulfone groups is 1. The third-order valence-electron chi connectivity index (χ3n) is 5.51. The molecule has 0 bridgehead atoms. The molecule has 4 rings (SSSR count). The van der Waals surface area contributed by atoms with Crippen molar-refractivity contribution in [3.63, 3.8) is 0 Å². The lowest BCUT2D eigenvalue weighted by Gasteiger charge is -2.27. The van der Waals surface area contributed by atoms with E-state index in [1.165, 1.54) is 6.20 Å². The quantitative estimate of drug-likeness (QED) is 0.647. The summed E-state index contributed by atoms with van der Waals surface area (Å²) in [5.41, 5.74) is 1.78. The lowest BCUT2D eigenvalue weighted by molar-refractivity contribution is 0.0720. The predicted molar refractivity (Wildman–Crippen MR) is 113 cm³/mol. The van der Waals surface area contributed by atoms with Crippen LogP contribution in [0.15, 0.2) is 64.5 Å². The molecule has 0 saturated carbocycles. The van der Waals surface area contributed by atoms with E-state index >= 15 is 0 Å². The van der Waals surface area contributed by atoms with Crippen LogP contribution in [0.2, 0.25) is 0 Å². The molecule has 1 aliphatic heterocycles. The molecule has 1 saturated heterocycles. The summed E-state index contributed by atoms with van der Waals surface area (Å²) in [7, 11) is -3.89. The Bertz CT molecular complexity index is 1150. The molecule has 1 aliphatic rings. The second-order valence-corrected chi connectivity index (χ2v) is 9.26. The third kappa shape index (κ3) is 3.65. The molecule has 0 atom stereocenters. The fraction of sp³-hybridized carbons (Fsp3) is 0.304. The molecule has 2 heterocycles. The van der Waals surface area contributed by atoms with Crippen molar-refractivity contribution in [2.45, 2.75) is 42.4 Å². The second-order valence-electron chi connectivity index (χ2n) is 7.37. The molecule has 0 spiro atoms. The molecule has 1 amide bonds. The Morgan fingerprint density at radius 2 is 1.69 bits per heavy atom. The van der Waals surface area contributed by atoms with E-state index in [0.29, 0.717) is 24.0 Å². The lowest BCUT2D eigenvalue weighted by Crippen LogP contribution is -2.36. The monoisotopic (exact) mass is 408 g/mol. The van der Waals surface area contributed by atoms with Gasteiger partial charge in [-0.3, -0.25) is 9.78 Å². The van der Waals surface area contributed by atoms with Crippen molar-refractivity contribution in [3.05, 3.63) is 65.9 Å². The molecule has 0 N–H and O–H groups in total. The van der Waals surface area contributed by atoms with Crippen LogP contribution in [0.5, 0.6) is 0 Å². The molecular formula is C23H24N2O3S. The summed E-state index contributed by atoms with van der Waals surface area (Å²) in [5.74, 6) is -0.258. The Balaban J connectivity index is 1.91. The van der Waals surface area contributed by atoms with Crippen LogP contribution in [0.3, 0.4) is 0 Å². The van der Waals surface area contributed by atoms with Crippen LogP contribution >= 0.6 is 0 Å². The number of pyridine rings is 1. The number of carbonyl (C=O) groups is 1. The minimum absolute atomic E-state index is 0.0583. The molecule has 0 radical (unpaired) electrons. The topological polar surface area (TPSA) is 67.3 Å². The first-order chi connectivity index (χ1) is 14.0. The summed E-state index contributed by atoms with van der Waals surface area (Å²) < 4.78 is 27.3. The fourth-order valence-corrected chi connectivity index (χ4v) is 5.47. The van der Waals surface area contributed by atoms with Crippen molar-refractivity contribution >= 4 is 26.6 Å². The van der Waals surface area contributed by atoms with E-state index in [-0.39, 0.29) is 21.3 Å². The normalized spacial score (nSPS) is 14.9. The van der Waals surface area contributed by atoms with Gasteiger partial charge in [-0.1, -0.05) is 37.3 Å². The first-order valence-electron chi connectivity index (χ1n) is 10.0. The molecule has 2 aromatic carbocycles. The maximum absolute atomic E-state index is 13.7. The van der Waals surface area contributed by atoms with E-state index in [0.717, 1.165) is 31.2 Å². The van der Waals surface area contributed by atoms with Crippen LogP contribution < -0.4 is 0 Å². The highest BCUT2D eigenvalue weighted by Crippen LogP contribution is 2.32. The van der Waals surface area contributed by atoms with Gasteiger partial charge < -0.3 is 4.90 Å². The molecule has 3 aromatic rings. The van der Waals surface area contributed by atoms with Crippen LogP contribution in [0.25, 0.3) is 10.9 Å².